The summed E-state index contributed by atoms with van der Waals surface area (Å²) in [5, 5.41) is 3.56. The van der Waals surface area contributed by atoms with Gasteiger partial charge < -0.3 is 5.32 Å². The Hall–Kier alpha value is -1.86. The molecule has 0 saturated carbocycles. The second-order valence-electron chi connectivity index (χ2n) is 4.98. The van der Waals surface area contributed by atoms with Crippen molar-refractivity contribution in [1.82, 2.24) is 5.32 Å². The lowest BCUT2D eigenvalue weighted by Gasteiger charge is -2.17. The smallest absolute Gasteiger partial charge is 0.0296 e. The molecule has 1 aliphatic carbocycles. The van der Waals surface area contributed by atoms with Crippen LogP contribution in [0.2, 0.25) is 0 Å². The maximum absolute atomic E-state index is 3.72. The molecule has 1 heteroatoms. The monoisotopic (exact) mass is 265 g/mol. The Kier molecular flexibility index (Phi) is 6.07. The van der Waals surface area contributed by atoms with Crippen LogP contribution < -0.4 is 5.32 Å². The van der Waals surface area contributed by atoms with Crippen molar-refractivity contribution in [3.8, 4) is 0 Å². The second kappa shape index (κ2) is 8.34. The zero-order valence-corrected chi connectivity index (χ0v) is 12.0. The highest BCUT2D eigenvalue weighted by Crippen LogP contribution is 2.21. The summed E-state index contributed by atoms with van der Waals surface area (Å²) >= 11 is 0. The minimum Gasteiger partial charge on any atom is -0.307 e. The van der Waals surface area contributed by atoms with E-state index in [1.807, 2.05) is 6.08 Å². The summed E-state index contributed by atoms with van der Waals surface area (Å²) in [6.07, 6.45) is 16.4. The predicted molar refractivity (Wildman–Crippen MR) is 88.5 cm³/mol. The number of benzene rings is 1. The van der Waals surface area contributed by atoms with Gasteiger partial charge in [0.25, 0.3) is 0 Å². The number of rotatable bonds is 7. The summed E-state index contributed by atoms with van der Waals surface area (Å²) in [6, 6.07) is 11.0. The second-order valence-corrected chi connectivity index (χ2v) is 4.98. The molecule has 1 aromatic carbocycles. The number of hydrogen-bond donors (Lipinski definition) is 1. The van der Waals surface area contributed by atoms with E-state index in [-0.39, 0.29) is 0 Å². The summed E-state index contributed by atoms with van der Waals surface area (Å²) in [7, 11) is 0. The van der Waals surface area contributed by atoms with Crippen LogP contribution in [0.25, 0.3) is 5.57 Å². The van der Waals surface area contributed by atoms with E-state index in [2.05, 4.69) is 72.6 Å². The fourth-order valence-corrected chi connectivity index (χ4v) is 2.28. The molecule has 1 aliphatic rings. The molecule has 0 spiro atoms. The molecule has 1 nitrogen and oxygen atoms in total. The van der Waals surface area contributed by atoms with Crippen LogP contribution >= 0.6 is 0 Å². The van der Waals surface area contributed by atoms with Gasteiger partial charge in [0, 0.05) is 12.6 Å². The summed E-state index contributed by atoms with van der Waals surface area (Å²) < 4.78 is 0. The standard InChI is InChI=1S/C19H23N/c1-2-3-4-5-9-15-20-19-14-10-13-18(16-19)17-11-7-6-8-12-17/h2,5-13,16,19-20H,1,3-4,14-15H2/b9-5-. The van der Waals surface area contributed by atoms with E-state index in [1.54, 1.807) is 0 Å². The maximum Gasteiger partial charge on any atom is 0.0296 e. The van der Waals surface area contributed by atoms with Gasteiger partial charge in [0.05, 0.1) is 0 Å². The molecule has 0 aliphatic heterocycles. The lowest BCUT2D eigenvalue weighted by atomic mass is 9.97. The van der Waals surface area contributed by atoms with E-state index in [4.69, 9.17) is 0 Å². The van der Waals surface area contributed by atoms with E-state index in [9.17, 15) is 0 Å². The first-order valence-corrected chi connectivity index (χ1v) is 7.33. The largest absolute Gasteiger partial charge is 0.307 e. The normalized spacial score (nSPS) is 18.2. The zero-order valence-electron chi connectivity index (χ0n) is 12.0. The fraction of sp³-hybridized carbons (Fsp3) is 0.263. The van der Waals surface area contributed by atoms with Gasteiger partial charge in [-0.15, -0.1) is 6.58 Å². The molecule has 0 bridgehead atoms. The Morgan fingerprint density at radius 1 is 1.15 bits per heavy atom. The minimum absolute atomic E-state index is 0.430. The number of hydrogen-bond acceptors (Lipinski definition) is 1. The van der Waals surface area contributed by atoms with E-state index in [1.165, 1.54) is 11.1 Å². The first kappa shape index (κ1) is 14.5. The van der Waals surface area contributed by atoms with Crippen LogP contribution in [0.5, 0.6) is 0 Å². The van der Waals surface area contributed by atoms with Gasteiger partial charge in [0.2, 0.25) is 0 Å². The van der Waals surface area contributed by atoms with Gasteiger partial charge in [-0.25, -0.2) is 0 Å². The van der Waals surface area contributed by atoms with Crippen LogP contribution in [0.1, 0.15) is 24.8 Å². The molecule has 2 rings (SSSR count). The lowest BCUT2D eigenvalue weighted by molar-refractivity contribution is 0.638. The molecule has 104 valence electrons. The highest BCUT2D eigenvalue weighted by atomic mass is 14.9. The molecule has 1 N–H and O–H groups in total. The molecule has 0 heterocycles. The van der Waals surface area contributed by atoms with Crippen LogP contribution in [0.3, 0.4) is 0 Å². The molecule has 1 atom stereocenters. The van der Waals surface area contributed by atoms with Crippen LogP contribution in [-0.2, 0) is 0 Å². The van der Waals surface area contributed by atoms with Crippen LogP contribution in [0.15, 0.2) is 73.4 Å². The molecular formula is C19H23N. The van der Waals surface area contributed by atoms with E-state index < -0.39 is 0 Å². The predicted octanol–water partition coefficient (Wildman–Crippen LogP) is 4.51. The first-order chi connectivity index (χ1) is 9.90. The molecule has 1 unspecified atom stereocenters. The van der Waals surface area contributed by atoms with Crippen molar-refractivity contribution in [3.63, 3.8) is 0 Å². The van der Waals surface area contributed by atoms with Crippen LogP contribution in [-0.4, -0.2) is 12.6 Å². The van der Waals surface area contributed by atoms with Crippen molar-refractivity contribution in [2.75, 3.05) is 6.54 Å². The molecular weight excluding hydrogens is 242 g/mol. The average molecular weight is 265 g/mol. The molecule has 20 heavy (non-hydrogen) atoms. The Balaban J connectivity index is 1.85. The number of unbranched alkanes of at least 4 members (excludes halogenated alkanes) is 1. The van der Waals surface area contributed by atoms with Gasteiger partial charge in [-0.2, -0.15) is 0 Å². The Bertz CT molecular complexity index is 494. The van der Waals surface area contributed by atoms with Crippen LogP contribution in [0, 0.1) is 0 Å². The van der Waals surface area contributed by atoms with Crippen LogP contribution in [0.4, 0.5) is 0 Å². The van der Waals surface area contributed by atoms with Crippen molar-refractivity contribution in [2.24, 2.45) is 0 Å². The third-order valence-corrected chi connectivity index (χ3v) is 3.38. The SMILES string of the molecule is C=CCC/C=C\CNC1C=C(c2ccccc2)C=CC1. The van der Waals surface area contributed by atoms with Gasteiger partial charge in [0.15, 0.2) is 0 Å². The Labute approximate surface area is 122 Å². The molecule has 0 aromatic heterocycles. The summed E-state index contributed by atoms with van der Waals surface area (Å²) in [4.78, 5) is 0. The highest BCUT2D eigenvalue weighted by molar-refractivity contribution is 5.75. The minimum atomic E-state index is 0.430. The average Bonchev–Trinajstić information content (AvgIpc) is 2.52. The van der Waals surface area contributed by atoms with Gasteiger partial charge in [-0.3, -0.25) is 0 Å². The van der Waals surface area contributed by atoms with Gasteiger partial charge in [0.1, 0.15) is 0 Å². The van der Waals surface area contributed by atoms with Crippen molar-refractivity contribution < 1.29 is 0 Å². The maximum atomic E-state index is 3.72. The lowest BCUT2D eigenvalue weighted by Crippen LogP contribution is -2.28. The molecule has 0 fully saturated rings. The highest BCUT2D eigenvalue weighted by Gasteiger charge is 2.08. The van der Waals surface area contributed by atoms with Gasteiger partial charge in [-0.1, -0.05) is 66.8 Å². The third-order valence-electron chi connectivity index (χ3n) is 3.38. The third kappa shape index (κ3) is 4.67. The van der Waals surface area contributed by atoms with Gasteiger partial charge in [-0.05, 0) is 30.4 Å². The van der Waals surface area contributed by atoms with Crippen molar-refractivity contribution in [1.29, 1.82) is 0 Å². The molecule has 0 radical (unpaired) electrons. The number of allylic oxidation sites excluding steroid dienone is 4. The van der Waals surface area contributed by atoms with E-state index in [0.29, 0.717) is 6.04 Å². The Morgan fingerprint density at radius 3 is 2.80 bits per heavy atom. The summed E-state index contributed by atoms with van der Waals surface area (Å²) in [6.45, 7) is 4.65. The van der Waals surface area contributed by atoms with E-state index in [0.717, 1.165) is 25.8 Å². The quantitative estimate of drug-likeness (QED) is 0.565. The van der Waals surface area contributed by atoms with Crippen molar-refractivity contribution >= 4 is 5.57 Å². The zero-order chi connectivity index (χ0) is 14.0. The van der Waals surface area contributed by atoms with E-state index >= 15 is 0 Å². The first-order valence-electron chi connectivity index (χ1n) is 7.33. The summed E-state index contributed by atoms with van der Waals surface area (Å²) in [5.74, 6) is 0. The topological polar surface area (TPSA) is 12.0 Å². The molecule has 1 aromatic rings. The fourth-order valence-electron chi connectivity index (χ4n) is 2.28. The Morgan fingerprint density at radius 2 is 2.00 bits per heavy atom. The van der Waals surface area contributed by atoms with Gasteiger partial charge >= 0.3 is 0 Å². The van der Waals surface area contributed by atoms with Crippen molar-refractivity contribution in [2.45, 2.75) is 25.3 Å². The molecule has 0 amide bonds. The number of nitrogens with one attached hydrogen (secondary N) is 1. The summed E-state index contributed by atoms with van der Waals surface area (Å²) in [5.41, 5.74) is 2.60. The molecule has 0 saturated heterocycles. The van der Waals surface area contributed by atoms with Crippen molar-refractivity contribution in [3.05, 3.63) is 78.9 Å².